The van der Waals surface area contributed by atoms with E-state index >= 15 is 0 Å². The van der Waals surface area contributed by atoms with E-state index in [-0.39, 0.29) is 5.78 Å². The highest BCUT2D eigenvalue weighted by molar-refractivity contribution is 5.94. The number of rotatable bonds is 5. The standard InChI is InChI=1S/C25H25N3O/c1-14-21-10-8-20(21)13-23(14)26-15(2)19-9-11-22-24(12-19)28-25(27-22)18-6-4-17(5-7-18)16(3)29/h4-7,9,11-12,20-21,23,26H,1-2,8,10,13H2,3H3,(H,27,28). The van der Waals surface area contributed by atoms with Crippen LogP contribution >= 0.6 is 0 Å². The molecular formula is C25H25N3O. The van der Waals surface area contributed by atoms with Crippen LogP contribution < -0.4 is 5.32 Å². The highest BCUT2D eigenvalue weighted by atomic mass is 16.1. The highest BCUT2D eigenvalue weighted by Crippen LogP contribution is 2.49. The number of hydrogen-bond acceptors (Lipinski definition) is 3. The molecule has 0 radical (unpaired) electrons. The van der Waals surface area contributed by atoms with Crippen molar-refractivity contribution in [3.05, 3.63) is 72.3 Å². The molecule has 29 heavy (non-hydrogen) atoms. The summed E-state index contributed by atoms with van der Waals surface area (Å²) in [5, 5.41) is 3.61. The van der Waals surface area contributed by atoms with E-state index in [1.54, 1.807) is 6.92 Å². The topological polar surface area (TPSA) is 57.8 Å². The van der Waals surface area contributed by atoms with E-state index in [4.69, 9.17) is 4.98 Å². The van der Waals surface area contributed by atoms with E-state index in [0.717, 1.165) is 39.6 Å². The molecule has 2 aromatic carbocycles. The smallest absolute Gasteiger partial charge is 0.159 e. The number of nitrogens with one attached hydrogen (secondary N) is 2. The Morgan fingerprint density at radius 2 is 1.90 bits per heavy atom. The lowest BCUT2D eigenvalue weighted by molar-refractivity contribution is 0.101. The van der Waals surface area contributed by atoms with Crippen molar-refractivity contribution < 1.29 is 4.79 Å². The van der Waals surface area contributed by atoms with Crippen molar-refractivity contribution in [3.63, 3.8) is 0 Å². The second kappa shape index (κ2) is 6.73. The second-order valence-corrected chi connectivity index (χ2v) is 8.38. The van der Waals surface area contributed by atoms with E-state index in [9.17, 15) is 4.79 Å². The van der Waals surface area contributed by atoms with Gasteiger partial charge in [-0.25, -0.2) is 4.98 Å². The number of carbonyl (C=O) groups excluding carboxylic acids is 1. The number of imidazole rings is 1. The summed E-state index contributed by atoms with van der Waals surface area (Å²) >= 11 is 0. The maximum Gasteiger partial charge on any atom is 0.159 e. The zero-order valence-electron chi connectivity index (χ0n) is 16.7. The first-order valence-electron chi connectivity index (χ1n) is 10.3. The van der Waals surface area contributed by atoms with Gasteiger partial charge in [-0.15, -0.1) is 0 Å². The Hall–Kier alpha value is -3.14. The Kier molecular flexibility index (Phi) is 4.16. The zero-order valence-corrected chi connectivity index (χ0v) is 16.7. The van der Waals surface area contributed by atoms with Gasteiger partial charge in [0.2, 0.25) is 0 Å². The van der Waals surface area contributed by atoms with Crippen LogP contribution in [0.3, 0.4) is 0 Å². The van der Waals surface area contributed by atoms with Crippen LogP contribution in [-0.4, -0.2) is 21.8 Å². The van der Waals surface area contributed by atoms with Gasteiger partial charge in [-0.1, -0.05) is 49.1 Å². The maximum absolute atomic E-state index is 11.5. The minimum Gasteiger partial charge on any atom is -0.379 e. The predicted molar refractivity (Wildman–Crippen MR) is 117 cm³/mol. The molecule has 0 bridgehead atoms. The summed E-state index contributed by atoms with van der Waals surface area (Å²) in [6, 6.07) is 14.0. The van der Waals surface area contributed by atoms with Gasteiger partial charge in [0.15, 0.2) is 5.78 Å². The Morgan fingerprint density at radius 3 is 2.52 bits per heavy atom. The first-order valence-corrected chi connectivity index (χ1v) is 10.3. The van der Waals surface area contributed by atoms with Crippen LogP contribution in [-0.2, 0) is 0 Å². The van der Waals surface area contributed by atoms with Crippen molar-refractivity contribution in [1.29, 1.82) is 0 Å². The number of ketones is 1. The van der Waals surface area contributed by atoms with Gasteiger partial charge in [-0.05, 0) is 55.7 Å². The van der Waals surface area contributed by atoms with Crippen molar-refractivity contribution in [3.8, 4) is 11.4 Å². The van der Waals surface area contributed by atoms with Crippen LogP contribution in [0, 0.1) is 11.8 Å². The molecule has 2 fully saturated rings. The summed E-state index contributed by atoms with van der Waals surface area (Å²) in [5.41, 5.74) is 6.89. The van der Waals surface area contributed by atoms with Gasteiger partial charge in [-0.3, -0.25) is 4.79 Å². The molecule has 5 rings (SSSR count). The molecule has 1 heterocycles. The fourth-order valence-electron chi connectivity index (χ4n) is 4.69. The first-order chi connectivity index (χ1) is 14.0. The summed E-state index contributed by atoms with van der Waals surface area (Å²) in [6.45, 7) is 10.2. The molecule has 1 aromatic heterocycles. The lowest BCUT2D eigenvalue weighted by atomic mass is 9.75. The van der Waals surface area contributed by atoms with Crippen LogP contribution in [0.1, 0.15) is 42.1 Å². The quantitative estimate of drug-likeness (QED) is 0.461. The minimum absolute atomic E-state index is 0.0646. The molecule has 0 aliphatic heterocycles. The Morgan fingerprint density at radius 1 is 1.14 bits per heavy atom. The monoisotopic (exact) mass is 383 g/mol. The molecule has 2 N–H and O–H groups in total. The van der Waals surface area contributed by atoms with Crippen molar-refractivity contribution >= 4 is 22.5 Å². The summed E-state index contributed by atoms with van der Waals surface area (Å²) in [5.74, 6) is 2.40. The number of H-pyrrole nitrogens is 1. The third-order valence-electron chi connectivity index (χ3n) is 6.62. The third-order valence-corrected chi connectivity index (χ3v) is 6.62. The number of nitrogens with zero attached hydrogens (tertiary/aromatic N) is 1. The molecular weight excluding hydrogens is 358 g/mol. The summed E-state index contributed by atoms with van der Waals surface area (Å²) in [7, 11) is 0. The first kappa shape index (κ1) is 17.9. The molecule has 2 aliphatic rings. The van der Waals surface area contributed by atoms with Crippen LogP contribution in [0.2, 0.25) is 0 Å². The normalized spacial score (nSPS) is 22.9. The molecule has 0 spiro atoms. The molecule has 0 saturated heterocycles. The Bertz CT molecular complexity index is 1140. The van der Waals surface area contributed by atoms with Gasteiger partial charge in [0, 0.05) is 22.9 Å². The molecule has 146 valence electrons. The molecule has 3 aromatic rings. The SMILES string of the molecule is C=C(NC1CC2CCC2C1=C)c1ccc2nc(-c3ccc(C(C)=O)cc3)[nH]c2c1. The van der Waals surface area contributed by atoms with Crippen LogP contribution in [0.15, 0.2) is 61.2 Å². The number of aromatic amines is 1. The van der Waals surface area contributed by atoms with E-state index in [0.29, 0.717) is 17.5 Å². The van der Waals surface area contributed by atoms with Gasteiger partial charge in [0.25, 0.3) is 0 Å². The van der Waals surface area contributed by atoms with Crippen LogP contribution in [0.25, 0.3) is 28.1 Å². The van der Waals surface area contributed by atoms with Gasteiger partial charge < -0.3 is 10.3 Å². The molecule has 2 saturated carbocycles. The van der Waals surface area contributed by atoms with E-state index in [1.165, 1.54) is 24.8 Å². The Labute approximate surface area is 170 Å². The van der Waals surface area contributed by atoms with E-state index < -0.39 is 0 Å². The number of aromatic nitrogens is 2. The molecule has 2 aliphatic carbocycles. The van der Waals surface area contributed by atoms with Crippen molar-refractivity contribution in [2.45, 2.75) is 32.2 Å². The van der Waals surface area contributed by atoms with Gasteiger partial charge >= 0.3 is 0 Å². The number of Topliss-reactive ketones (excluding diaryl/α,β-unsaturated/α-hetero) is 1. The summed E-state index contributed by atoms with van der Waals surface area (Å²) < 4.78 is 0. The molecule has 3 unspecified atom stereocenters. The number of fused-ring (bicyclic) bond motifs is 2. The fraction of sp³-hybridized carbons (Fsp3) is 0.280. The zero-order chi connectivity index (χ0) is 20.1. The second-order valence-electron chi connectivity index (χ2n) is 8.38. The largest absolute Gasteiger partial charge is 0.379 e. The molecule has 4 nitrogen and oxygen atoms in total. The van der Waals surface area contributed by atoms with E-state index in [2.05, 4.69) is 35.6 Å². The van der Waals surface area contributed by atoms with E-state index in [1.807, 2.05) is 30.3 Å². The number of hydrogen-bond donors (Lipinski definition) is 2. The molecule has 0 amide bonds. The summed E-state index contributed by atoms with van der Waals surface area (Å²) in [4.78, 5) is 19.6. The molecule has 4 heteroatoms. The number of benzene rings is 2. The average molecular weight is 383 g/mol. The van der Waals surface area contributed by atoms with Gasteiger partial charge in [-0.2, -0.15) is 0 Å². The fourth-order valence-corrected chi connectivity index (χ4v) is 4.69. The highest BCUT2D eigenvalue weighted by Gasteiger charge is 2.43. The molecule has 3 atom stereocenters. The van der Waals surface area contributed by atoms with Crippen LogP contribution in [0.4, 0.5) is 0 Å². The van der Waals surface area contributed by atoms with Crippen LogP contribution in [0.5, 0.6) is 0 Å². The lowest BCUT2D eigenvalue weighted by Crippen LogP contribution is -2.26. The minimum atomic E-state index is 0.0646. The number of carbonyl (C=O) groups is 1. The van der Waals surface area contributed by atoms with Crippen molar-refractivity contribution in [2.75, 3.05) is 0 Å². The summed E-state index contributed by atoms with van der Waals surface area (Å²) in [6.07, 6.45) is 3.81. The van der Waals surface area contributed by atoms with Gasteiger partial charge in [0.05, 0.1) is 11.0 Å². The van der Waals surface area contributed by atoms with Gasteiger partial charge in [0.1, 0.15) is 5.82 Å². The van der Waals surface area contributed by atoms with Crippen molar-refractivity contribution in [2.24, 2.45) is 11.8 Å². The predicted octanol–water partition coefficient (Wildman–Crippen LogP) is 5.35. The average Bonchev–Trinajstić information content (AvgIpc) is 3.21. The third kappa shape index (κ3) is 3.09. The lowest BCUT2D eigenvalue weighted by Gasteiger charge is -2.30. The maximum atomic E-state index is 11.5. The van der Waals surface area contributed by atoms with Crippen molar-refractivity contribution in [1.82, 2.24) is 15.3 Å². The Balaban J connectivity index is 1.37.